The van der Waals surface area contributed by atoms with Gasteiger partial charge in [0, 0.05) is 17.4 Å². The molecule has 37 heavy (non-hydrogen) atoms. The molecule has 0 radical (unpaired) electrons. The van der Waals surface area contributed by atoms with E-state index in [0.29, 0.717) is 22.2 Å². The van der Waals surface area contributed by atoms with E-state index in [0.717, 1.165) is 28.6 Å². The average Bonchev–Trinajstić information content (AvgIpc) is 3.48. The summed E-state index contributed by atoms with van der Waals surface area (Å²) in [5, 5.41) is 22.9. The second kappa shape index (κ2) is 9.51. The van der Waals surface area contributed by atoms with Crippen LogP contribution in [0.5, 0.6) is 0 Å². The molecule has 1 fully saturated rings. The molecule has 8 nitrogen and oxygen atoms in total. The number of carboxylic acids is 2. The van der Waals surface area contributed by atoms with Crippen molar-refractivity contribution in [1.29, 1.82) is 0 Å². The zero-order valence-corrected chi connectivity index (χ0v) is 20.8. The lowest BCUT2D eigenvalue weighted by Gasteiger charge is -2.26. The van der Waals surface area contributed by atoms with E-state index in [1.165, 1.54) is 12.1 Å². The number of nitrogens with one attached hydrogen (secondary N) is 1. The van der Waals surface area contributed by atoms with Crippen molar-refractivity contribution in [3.63, 3.8) is 0 Å². The number of aromatic nitrogens is 1. The molecule has 0 aliphatic carbocycles. The summed E-state index contributed by atoms with van der Waals surface area (Å²) in [5.74, 6) is -1.54. The summed E-state index contributed by atoms with van der Waals surface area (Å²) in [6.45, 7) is 4.05. The first-order chi connectivity index (χ1) is 17.7. The van der Waals surface area contributed by atoms with E-state index < -0.39 is 18.0 Å². The molecule has 1 aliphatic rings. The van der Waals surface area contributed by atoms with Crippen LogP contribution in [0.4, 0.5) is 5.69 Å². The van der Waals surface area contributed by atoms with Gasteiger partial charge in [0.1, 0.15) is 17.6 Å². The highest BCUT2D eigenvalue weighted by molar-refractivity contribution is 7.80. The number of nitrogens with zero attached hydrogens (tertiary/aromatic N) is 2. The third kappa shape index (κ3) is 4.68. The number of anilines is 1. The van der Waals surface area contributed by atoms with Gasteiger partial charge in [0.25, 0.3) is 0 Å². The van der Waals surface area contributed by atoms with Crippen molar-refractivity contribution in [3.8, 4) is 11.3 Å². The van der Waals surface area contributed by atoms with Gasteiger partial charge in [-0.1, -0.05) is 12.1 Å². The Hall–Kier alpha value is -4.50. The molecule has 0 saturated carbocycles. The summed E-state index contributed by atoms with van der Waals surface area (Å²) in [7, 11) is 0. The highest BCUT2D eigenvalue weighted by Gasteiger charge is 2.42. The van der Waals surface area contributed by atoms with Crippen LogP contribution in [0.25, 0.3) is 11.3 Å². The van der Waals surface area contributed by atoms with Crippen molar-refractivity contribution in [1.82, 2.24) is 10.3 Å². The molecule has 0 amide bonds. The van der Waals surface area contributed by atoms with Gasteiger partial charge in [0.15, 0.2) is 5.11 Å². The maximum absolute atomic E-state index is 11.6. The molecule has 4 aromatic rings. The number of furan rings is 1. The maximum atomic E-state index is 11.6. The Morgan fingerprint density at radius 1 is 0.946 bits per heavy atom. The predicted molar refractivity (Wildman–Crippen MR) is 142 cm³/mol. The molecule has 1 saturated heterocycles. The Balaban J connectivity index is 1.63. The summed E-state index contributed by atoms with van der Waals surface area (Å²) in [6.07, 6.45) is 1.72. The number of carboxylic acid groups (broad SMARTS) is 2. The summed E-state index contributed by atoms with van der Waals surface area (Å²) >= 11 is 5.77. The molecule has 0 spiro atoms. The fourth-order valence-corrected chi connectivity index (χ4v) is 5.04. The summed E-state index contributed by atoms with van der Waals surface area (Å²) in [4.78, 5) is 29.7. The van der Waals surface area contributed by atoms with Crippen molar-refractivity contribution in [3.05, 3.63) is 107 Å². The number of hydrogen-bond donors (Lipinski definition) is 3. The second-order valence-electron chi connectivity index (χ2n) is 8.95. The minimum atomic E-state index is -1.22. The topological polar surface area (TPSA) is 116 Å². The molecular weight excluding hydrogens is 490 g/mol. The first kappa shape index (κ1) is 24.2. The lowest BCUT2D eigenvalue weighted by Crippen LogP contribution is -2.29. The number of carbonyl (C=O) groups is 2. The first-order valence-corrected chi connectivity index (χ1v) is 11.9. The monoisotopic (exact) mass is 513 g/mol. The van der Waals surface area contributed by atoms with Crippen molar-refractivity contribution in [2.75, 3.05) is 4.90 Å². The second-order valence-corrected chi connectivity index (χ2v) is 9.34. The van der Waals surface area contributed by atoms with Crippen LogP contribution in [-0.4, -0.2) is 32.2 Å². The minimum absolute atomic E-state index is 0.139. The van der Waals surface area contributed by atoms with Crippen LogP contribution < -0.4 is 10.2 Å². The van der Waals surface area contributed by atoms with Crippen LogP contribution in [0.15, 0.2) is 77.3 Å². The molecule has 2 aromatic heterocycles. The smallest absolute Gasteiger partial charge is 0.335 e. The van der Waals surface area contributed by atoms with Gasteiger partial charge >= 0.3 is 11.9 Å². The first-order valence-electron chi connectivity index (χ1n) is 11.5. The van der Waals surface area contributed by atoms with Gasteiger partial charge in [-0.3, -0.25) is 4.98 Å². The lowest BCUT2D eigenvalue weighted by molar-refractivity contribution is 0.0696. The normalized spacial score (nSPS) is 17.0. The molecule has 0 bridgehead atoms. The average molecular weight is 514 g/mol. The summed E-state index contributed by atoms with van der Waals surface area (Å²) in [5.41, 5.74) is 3.93. The van der Waals surface area contributed by atoms with Crippen LogP contribution in [0.1, 0.15) is 55.4 Å². The van der Waals surface area contributed by atoms with Crippen molar-refractivity contribution in [2.24, 2.45) is 0 Å². The summed E-state index contributed by atoms with van der Waals surface area (Å²) in [6, 6.07) is 18.5. The van der Waals surface area contributed by atoms with Gasteiger partial charge in [0.2, 0.25) is 0 Å². The number of hydrogen-bond acceptors (Lipinski definition) is 5. The molecule has 1 aliphatic heterocycles. The lowest BCUT2D eigenvalue weighted by atomic mass is 10.0. The SMILES string of the molecule is Cc1cc(C)cc(N2C(=S)N[C@H](c3ccccn3)[C@@H]2c2ccc(-c3cc(C(=O)O)cc(C(=O)O)c3)o2)c1. The van der Waals surface area contributed by atoms with Gasteiger partial charge in [-0.2, -0.15) is 0 Å². The molecule has 3 N–H and O–H groups in total. The van der Waals surface area contributed by atoms with Gasteiger partial charge < -0.3 is 24.8 Å². The number of aryl methyl sites for hydroxylation is 2. The number of rotatable bonds is 6. The molecule has 2 aromatic carbocycles. The van der Waals surface area contributed by atoms with Gasteiger partial charge in [-0.15, -0.1) is 0 Å². The van der Waals surface area contributed by atoms with Gasteiger partial charge in [-0.05, 0) is 91.8 Å². The van der Waals surface area contributed by atoms with Crippen LogP contribution in [0.2, 0.25) is 0 Å². The number of aromatic carboxylic acids is 2. The van der Waals surface area contributed by atoms with Crippen molar-refractivity contribution < 1.29 is 24.2 Å². The third-order valence-corrected chi connectivity index (χ3v) is 6.53. The van der Waals surface area contributed by atoms with Crippen LogP contribution >= 0.6 is 12.2 Å². The van der Waals surface area contributed by atoms with E-state index in [1.54, 1.807) is 18.3 Å². The Kier molecular flexibility index (Phi) is 6.22. The van der Waals surface area contributed by atoms with E-state index >= 15 is 0 Å². The van der Waals surface area contributed by atoms with E-state index in [4.69, 9.17) is 16.6 Å². The highest BCUT2D eigenvalue weighted by Crippen LogP contribution is 2.43. The van der Waals surface area contributed by atoms with E-state index in [9.17, 15) is 19.8 Å². The molecule has 186 valence electrons. The quantitative estimate of drug-likeness (QED) is 0.286. The molecule has 3 heterocycles. The molecule has 5 rings (SSSR count). The van der Waals surface area contributed by atoms with Crippen LogP contribution in [0, 0.1) is 13.8 Å². The van der Waals surface area contributed by atoms with Crippen molar-refractivity contribution >= 4 is 35.0 Å². The van der Waals surface area contributed by atoms with Crippen molar-refractivity contribution in [2.45, 2.75) is 25.9 Å². The third-order valence-electron chi connectivity index (χ3n) is 6.21. The molecular formula is C28H23N3O5S. The number of thiocarbonyl (C=S) groups is 1. The minimum Gasteiger partial charge on any atom is -0.478 e. The zero-order chi connectivity index (χ0) is 26.3. The zero-order valence-electron chi connectivity index (χ0n) is 20.0. The fourth-order valence-electron chi connectivity index (χ4n) is 4.70. The Morgan fingerprint density at radius 3 is 2.22 bits per heavy atom. The number of pyridine rings is 1. The van der Waals surface area contributed by atoms with E-state index in [1.807, 2.05) is 49.1 Å². The Labute approximate surface area is 218 Å². The van der Waals surface area contributed by atoms with E-state index in [-0.39, 0.29) is 17.2 Å². The summed E-state index contributed by atoms with van der Waals surface area (Å²) < 4.78 is 6.28. The Morgan fingerprint density at radius 2 is 1.62 bits per heavy atom. The number of benzene rings is 2. The fraction of sp³-hybridized carbons (Fsp3) is 0.143. The largest absolute Gasteiger partial charge is 0.478 e. The highest BCUT2D eigenvalue weighted by atomic mass is 32.1. The maximum Gasteiger partial charge on any atom is 0.335 e. The molecule has 0 unspecified atom stereocenters. The van der Waals surface area contributed by atoms with Crippen LogP contribution in [0.3, 0.4) is 0 Å². The predicted octanol–water partition coefficient (Wildman–Crippen LogP) is 5.53. The standard InChI is InChI=1S/C28H23N3O5S/c1-15-9-16(2)11-20(10-15)31-25(24(30-28(31)37)21-5-3-4-8-29-21)23-7-6-22(36-23)17-12-18(26(32)33)14-19(13-17)27(34)35/h3-14,24-25H,1-2H3,(H,30,37)(H,32,33)(H,34,35)/t24-,25+/m1/s1. The van der Waals surface area contributed by atoms with Gasteiger partial charge in [0.05, 0.1) is 22.9 Å². The molecule has 9 heteroatoms. The van der Waals surface area contributed by atoms with Gasteiger partial charge in [-0.25, -0.2) is 9.59 Å². The Bertz CT molecular complexity index is 1480. The molecule has 2 atom stereocenters. The van der Waals surface area contributed by atoms with Crippen LogP contribution in [-0.2, 0) is 0 Å². The van der Waals surface area contributed by atoms with E-state index in [2.05, 4.69) is 16.4 Å².